The second-order valence-electron chi connectivity index (χ2n) is 9.21. The second-order valence-corrected chi connectivity index (χ2v) is 10.9. The number of rotatable bonds is 11. The number of unbranched alkanes of at least 4 members (excludes halogenated alkanes) is 1. The number of hydrogen-bond acceptors (Lipinski definition) is 7. The van der Waals surface area contributed by atoms with Crippen LogP contribution < -0.4 is 15.2 Å². The molecule has 0 bridgehead atoms. The van der Waals surface area contributed by atoms with Crippen molar-refractivity contribution in [1.29, 1.82) is 0 Å². The molecule has 3 N–H and O–H groups in total. The predicted octanol–water partition coefficient (Wildman–Crippen LogP) is 4.05. The Bertz CT molecular complexity index is 1550. The molecular formula is C27H35N5O4S. The van der Waals surface area contributed by atoms with Crippen LogP contribution in [0.1, 0.15) is 35.4 Å². The lowest BCUT2D eigenvalue weighted by Gasteiger charge is -2.17. The molecule has 4 aromatic rings. The molecule has 0 atom stereocenters. The fourth-order valence-electron chi connectivity index (χ4n) is 4.85. The van der Waals surface area contributed by atoms with Crippen LogP contribution in [0.3, 0.4) is 0 Å². The van der Waals surface area contributed by atoms with Crippen LogP contribution in [0, 0.1) is 20.8 Å². The van der Waals surface area contributed by atoms with Gasteiger partial charge in [-0.2, -0.15) is 0 Å². The van der Waals surface area contributed by atoms with Gasteiger partial charge in [-0.15, -0.1) is 0 Å². The normalized spacial score (nSPS) is 12.0. The molecule has 0 saturated heterocycles. The molecule has 198 valence electrons. The molecule has 2 heterocycles. The number of hydrogen-bond donors (Lipinski definition) is 2. The quantitative estimate of drug-likeness (QED) is 0.283. The van der Waals surface area contributed by atoms with E-state index in [2.05, 4.69) is 14.3 Å². The van der Waals surface area contributed by atoms with E-state index in [0.29, 0.717) is 65.6 Å². The van der Waals surface area contributed by atoms with Crippen molar-refractivity contribution in [1.82, 2.24) is 19.3 Å². The number of aryl methyl sites for hydroxylation is 2. The number of anilines is 1. The van der Waals surface area contributed by atoms with E-state index < -0.39 is 10.0 Å². The average molecular weight is 526 g/mol. The number of fused-ring (bicyclic) bond motifs is 3. The van der Waals surface area contributed by atoms with Gasteiger partial charge >= 0.3 is 0 Å². The highest BCUT2D eigenvalue weighted by molar-refractivity contribution is 7.89. The molecule has 0 aliphatic carbocycles. The molecule has 0 radical (unpaired) electrons. The number of methoxy groups -OCH3 is 2. The number of imidazole rings is 1. The molecule has 0 aliphatic heterocycles. The van der Waals surface area contributed by atoms with E-state index in [0.717, 1.165) is 34.2 Å². The number of para-hydroxylation sites is 1. The third-order valence-electron chi connectivity index (χ3n) is 6.79. The smallest absolute Gasteiger partial charge is 0.241 e. The maximum absolute atomic E-state index is 13.1. The third-order valence-corrected chi connectivity index (χ3v) is 8.54. The number of benzene rings is 2. The minimum absolute atomic E-state index is 0.322. The number of nitrogens with two attached hydrogens (primary N) is 1. The molecule has 37 heavy (non-hydrogen) atoms. The van der Waals surface area contributed by atoms with E-state index in [1.165, 1.54) is 0 Å². The van der Waals surface area contributed by atoms with Gasteiger partial charge in [0.1, 0.15) is 17.1 Å². The van der Waals surface area contributed by atoms with Crippen LogP contribution in [0.15, 0.2) is 35.2 Å². The van der Waals surface area contributed by atoms with E-state index in [-0.39, 0.29) is 0 Å². The molecule has 2 aromatic carbocycles. The van der Waals surface area contributed by atoms with Gasteiger partial charge in [0.15, 0.2) is 5.82 Å². The van der Waals surface area contributed by atoms with Gasteiger partial charge in [0.25, 0.3) is 0 Å². The fourth-order valence-corrected chi connectivity index (χ4v) is 6.45. The van der Waals surface area contributed by atoms with Gasteiger partial charge in [-0.1, -0.05) is 18.2 Å². The van der Waals surface area contributed by atoms with Crippen molar-refractivity contribution in [3.63, 3.8) is 0 Å². The van der Waals surface area contributed by atoms with E-state index >= 15 is 0 Å². The first-order valence-electron chi connectivity index (χ1n) is 12.4. The lowest BCUT2D eigenvalue weighted by Crippen LogP contribution is -2.26. The van der Waals surface area contributed by atoms with Gasteiger partial charge in [-0.3, -0.25) is 0 Å². The van der Waals surface area contributed by atoms with E-state index in [9.17, 15) is 8.42 Å². The summed E-state index contributed by atoms with van der Waals surface area (Å²) in [5.74, 6) is 1.97. The highest BCUT2D eigenvalue weighted by Crippen LogP contribution is 2.31. The Morgan fingerprint density at radius 1 is 1.05 bits per heavy atom. The van der Waals surface area contributed by atoms with Gasteiger partial charge < -0.3 is 19.8 Å². The maximum Gasteiger partial charge on any atom is 0.241 e. The monoisotopic (exact) mass is 525 g/mol. The van der Waals surface area contributed by atoms with Crippen LogP contribution in [0.2, 0.25) is 0 Å². The van der Waals surface area contributed by atoms with Gasteiger partial charge in [-0.25, -0.2) is 23.1 Å². The Labute approximate surface area is 218 Å². The number of sulfonamides is 1. The van der Waals surface area contributed by atoms with Gasteiger partial charge in [0, 0.05) is 32.0 Å². The van der Waals surface area contributed by atoms with Crippen molar-refractivity contribution in [3.8, 4) is 5.75 Å². The minimum Gasteiger partial charge on any atom is -0.496 e. The zero-order valence-electron chi connectivity index (χ0n) is 22.1. The topological polar surface area (TPSA) is 121 Å². The van der Waals surface area contributed by atoms with Gasteiger partial charge in [0.2, 0.25) is 10.0 Å². The number of aromatic nitrogens is 3. The van der Waals surface area contributed by atoms with Crippen LogP contribution in [-0.4, -0.2) is 50.3 Å². The largest absolute Gasteiger partial charge is 0.496 e. The van der Waals surface area contributed by atoms with Crippen molar-refractivity contribution < 1.29 is 17.9 Å². The Morgan fingerprint density at radius 3 is 2.54 bits per heavy atom. The summed E-state index contributed by atoms with van der Waals surface area (Å²) in [6.07, 6.45) is 2.05. The molecule has 0 amide bonds. The number of nitrogen functional groups attached to an aromatic ring is 1. The molecule has 0 aliphatic rings. The minimum atomic E-state index is -3.66. The Balaban J connectivity index is 1.52. The van der Waals surface area contributed by atoms with E-state index in [4.69, 9.17) is 20.2 Å². The molecule has 10 heteroatoms. The van der Waals surface area contributed by atoms with Crippen LogP contribution in [0.4, 0.5) is 5.82 Å². The summed E-state index contributed by atoms with van der Waals surface area (Å²) in [5, 5.41) is 0.990. The standard InChI is InChI=1S/C27H35N5O4S/c1-17-16-22(36-5)18(2)19(3)26(17)37(33,34)29-13-8-9-14-32-23(12-15-35-4)31-24-25(32)20-10-6-7-11-21(20)30-27(24)28/h6-7,10-11,16,29H,8-9,12-15H2,1-5H3,(H2,28,30). The van der Waals surface area contributed by atoms with Crippen molar-refractivity contribution in [2.45, 2.75) is 51.5 Å². The predicted molar refractivity (Wildman–Crippen MR) is 147 cm³/mol. The Morgan fingerprint density at radius 2 is 1.81 bits per heavy atom. The van der Waals surface area contributed by atoms with Crippen LogP contribution in [0.25, 0.3) is 21.9 Å². The Kier molecular flexibility index (Phi) is 8.01. The van der Waals surface area contributed by atoms with Gasteiger partial charge in [0.05, 0.1) is 29.6 Å². The van der Waals surface area contributed by atoms with Crippen molar-refractivity contribution in [2.75, 3.05) is 33.1 Å². The molecule has 0 fully saturated rings. The molecule has 4 rings (SSSR count). The number of nitrogens with one attached hydrogen (secondary N) is 1. The van der Waals surface area contributed by atoms with Crippen molar-refractivity contribution in [3.05, 3.63) is 52.8 Å². The first-order chi connectivity index (χ1) is 17.7. The number of ether oxygens (including phenoxy) is 2. The molecule has 2 aromatic heterocycles. The molecular weight excluding hydrogens is 490 g/mol. The summed E-state index contributed by atoms with van der Waals surface area (Å²) in [7, 11) is -0.405. The lowest BCUT2D eigenvalue weighted by molar-refractivity contribution is 0.199. The lowest BCUT2D eigenvalue weighted by atomic mass is 10.1. The molecule has 0 saturated carbocycles. The van der Waals surface area contributed by atoms with Crippen molar-refractivity contribution in [2.24, 2.45) is 0 Å². The summed E-state index contributed by atoms with van der Waals surface area (Å²) in [6, 6.07) is 9.65. The van der Waals surface area contributed by atoms with Crippen molar-refractivity contribution >= 4 is 37.8 Å². The van der Waals surface area contributed by atoms with Crippen LogP contribution in [0.5, 0.6) is 5.75 Å². The maximum atomic E-state index is 13.1. The third kappa shape index (κ3) is 5.27. The molecule has 0 unspecified atom stereocenters. The second kappa shape index (κ2) is 11.0. The summed E-state index contributed by atoms with van der Waals surface area (Å²) in [5.41, 5.74) is 10.9. The Hall–Kier alpha value is -3.21. The molecule has 0 spiro atoms. The SMILES string of the molecule is COCCc1nc2c(N)nc3ccccc3c2n1CCCCNS(=O)(=O)c1c(C)cc(OC)c(C)c1C. The summed E-state index contributed by atoms with van der Waals surface area (Å²) < 4.78 is 41.9. The zero-order valence-corrected chi connectivity index (χ0v) is 22.9. The van der Waals surface area contributed by atoms with Gasteiger partial charge in [-0.05, 0) is 62.4 Å². The zero-order chi connectivity index (χ0) is 26.7. The highest BCUT2D eigenvalue weighted by Gasteiger charge is 2.22. The number of nitrogens with zero attached hydrogens (tertiary/aromatic N) is 3. The average Bonchev–Trinajstić information content (AvgIpc) is 3.23. The summed E-state index contributed by atoms with van der Waals surface area (Å²) in [6.45, 7) is 7.01. The van der Waals surface area contributed by atoms with E-state index in [1.807, 2.05) is 38.1 Å². The highest BCUT2D eigenvalue weighted by atomic mass is 32.2. The van der Waals surface area contributed by atoms with Crippen LogP contribution >= 0.6 is 0 Å². The van der Waals surface area contributed by atoms with Crippen LogP contribution in [-0.2, 0) is 27.7 Å². The molecule has 9 nitrogen and oxygen atoms in total. The first kappa shape index (κ1) is 26.8. The summed E-state index contributed by atoms with van der Waals surface area (Å²) >= 11 is 0. The fraction of sp³-hybridized carbons (Fsp3) is 0.407. The van der Waals surface area contributed by atoms with E-state index in [1.54, 1.807) is 27.2 Å². The summed E-state index contributed by atoms with van der Waals surface area (Å²) in [4.78, 5) is 9.64. The number of pyridine rings is 1. The first-order valence-corrected chi connectivity index (χ1v) is 13.8.